The van der Waals surface area contributed by atoms with E-state index in [2.05, 4.69) is 35.3 Å². The molecule has 0 aliphatic carbocycles. The summed E-state index contributed by atoms with van der Waals surface area (Å²) in [7, 11) is 0. The molecule has 0 radical (unpaired) electrons. The van der Waals surface area contributed by atoms with Gasteiger partial charge in [-0.05, 0) is 67.3 Å². The Morgan fingerprint density at radius 2 is 2.04 bits per heavy atom. The number of anilines is 1. The zero-order valence-corrected chi connectivity index (χ0v) is 15.9. The van der Waals surface area contributed by atoms with Gasteiger partial charge in [0.15, 0.2) is 5.78 Å². The number of nitrogens with zero attached hydrogens (tertiary/aromatic N) is 1. The van der Waals surface area contributed by atoms with Gasteiger partial charge >= 0.3 is 0 Å². The van der Waals surface area contributed by atoms with E-state index in [1.165, 1.54) is 28.9 Å². The first kappa shape index (κ1) is 18.2. The molecule has 142 valence electrons. The third-order valence-corrected chi connectivity index (χ3v) is 6.01. The highest BCUT2D eigenvalue weighted by Crippen LogP contribution is 2.40. The average molecular weight is 366 g/mol. The van der Waals surface area contributed by atoms with Gasteiger partial charge in [-0.25, -0.2) is 4.39 Å². The Labute approximate surface area is 160 Å². The van der Waals surface area contributed by atoms with Crippen LogP contribution in [0.15, 0.2) is 42.5 Å². The van der Waals surface area contributed by atoms with E-state index in [0.29, 0.717) is 23.9 Å². The van der Waals surface area contributed by atoms with Crippen LogP contribution in [-0.4, -0.2) is 36.4 Å². The molecule has 0 unspecified atom stereocenters. The Morgan fingerprint density at radius 1 is 1.22 bits per heavy atom. The summed E-state index contributed by atoms with van der Waals surface area (Å²) >= 11 is 0. The van der Waals surface area contributed by atoms with E-state index >= 15 is 0 Å². The average Bonchev–Trinajstić information content (AvgIpc) is 3.05. The first-order chi connectivity index (χ1) is 13.1. The number of benzene rings is 2. The van der Waals surface area contributed by atoms with Crippen molar-refractivity contribution >= 4 is 11.5 Å². The van der Waals surface area contributed by atoms with E-state index in [1.807, 2.05) is 0 Å². The van der Waals surface area contributed by atoms with Gasteiger partial charge in [0.2, 0.25) is 0 Å². The van der Waals surface area contributed by atoms with Crippen molar-refractivity contribution in [1.29, 1.82) is 0 Å². The van der Waals surface area contributed by atoms with Gasteiger partial charge in [0.1, 0.15) is 5.82 Å². The molecule has 1 fully saturated rings. The van der Waals surface area contributed by atoms with Crippen molar-refractivity contribution in [3.8, 4) is 0 Å². The summed E-state index contributed by atoms with van der Waals surface area (Å²) in [5.74, 6) is 0.351. The summed E-state index contributed by atoms with van der Waals surface area (Å²) in [5, 5.41) is 3.70. The first-order valence-electron chi connectivity index (χ1n) is 10.0. The van der Waals surface area contributed by atoms with Crippen LogP contribution in [0.25, 0.3) is 0 Å². The lowest BCUT2D eigenvalue weighted by molar-refractivity contribution is 0.0971. The van der Waals surface area contributed by atoms with Crippen LogP contribution < -0.4 is 5.32 Å². The van der Waals surface area contributed by atoms with Gasteiger partial charge in [-0.3, -0.25) is 4.79 Å². The number of piperidine rings is 1. The molecule has 0 saturated carbocycles. The van der Waals surface area contributed by atoms with Crippen LogP contribution >= 0.6 is 0 Å². The summed E-state index contributed by atoms with van der Waals surface area (Å²) in [6.45, 7) is 5.28. The molecule has 27 heavy (non-hydrogen) atoms. The molecular formula is C23H27FN2O. The van der Waals surface area contributed by atoms with Gasteiger partial charge in [0.05, 0.1) is 0 Å². The highest BCUT2D eigenvalue weighted by molar-refractivity contribution is 5.95. The van der Waals surface area contributed by atoms with Crippen LogP contribution in [-0.2, 0) is 6.42 Å². The maximum Gasteiger partial charge on any atom is 0.162 e. The smallest absolute Gasteiger partial charge is 0.162 e. The van der Waals surface area contributed by atoms with E-state index in [0.717, 1.165) is 38.9 Å². The van der Waals surface area contributed by atoms with Gasteiger partial charge < -0.3 is 10.2 Å². The number of Topliss-reactive ketones (excluding diaryl/α,β-unsaturated/α-hetero) is 1. The predicted molar refractivity (Wildman–Crippen MR) is 107 cm³/mol. The number of fused-ring (bicyclic) bond motifs is 3. The number of likely N-dealkylation sites (tertiary alicyclic amines) is 1. The van der Waals surface area contributed by atoms with E-state index in [1.54, 1.807) is 12.1 Å². The molecule has 2 aliphatic rings. The molecule has 1 N–H and O–H groups in total. The maximum absolute atomic E-state index is 13.0. The van der Waals surface area contributed by atoms with E-state index in [-0.39, 0.29) is 11.6 Å². The summed E-state index contributed by atoms with van der Waals surface area (Å²) in [4.78, 5) is 14.8. The second-order valence-corrected chi connectivity index (χ2v) is 7.76. The minimum absolute atomic E-state index is 0.102. The lowest BCUT2D eigenvalue weighted by atomic mass is 9.88. The highest BCUT2D eigenvalue weighted by atomic mass is 19.1. The van der Waals surface area contributed by atoms with Gasteiger partial charge in [0, 0.05) is 42.7 Å². The van der Waals surface area contributed by atoms with Crippen molar-refractivity contribution in [1.82, 2.24) is 4.90 Å². The molecular weight excluding hydrogens is 339 g/mol. The molecule has 2 atom stereocenters. The number of hydrogen-bond donors (Lipinski definition) is 1. The lowest BCUT2D eigenvalue weighted by Gasteiger charge is -2.35. The van der Waals surface area contributed by atoms with Crippen LogP contribution in [0.3, 0.4) is 0 Å². The number of aryl methyl sites for hydroxylation is 1. The van der Waals surface area contributed by atoms with E-state index in [9.17, 15) is 9.18 Å². The van der Waals surface area contributed by atoms with Gasteiger partial charge in [-0.1, -0.05) is 19.1 Å². The van der Waals surface area contributed by atoms with Gasteiger partial charge in [0.25, 0.3) is 0 Å². The normalized spacial score (nSPS) is 21.4. The van der Waals surface area contributed by atoms with Gasteiger partial charge in [-0.2, -0.15) is 0 Å². The zero-order valence-electron chi connectivity index (χ0n) is 15.9. The molecule has 4 rings (SSSR count). The quantitative estimate of drug-likeness (QED) is 0.756. The fourth-order valence-corrected chi connectivity index (χ4v) is 4.42. The monoisotopic (exact) mass is 366 g/mol. The molecule has 1 saturated heterocycles. The molecule has 0 amide bonds. The van der Waals surface area contributed by atoms with Gasteiger partial charge in [-0.15, -0.1) is 0 Å². The Morgan fingerprint density at radius 3 is 2.81 bits per heavy atom. The molecule has 4 heteroatoms. The fourth-order valence-electron chi connectivity index (χ4n) is 4.42. The summed E-state index contributed by atoms with van der Waals surface area (Å²) < 4.78 is 13.0. The van der Waals surface area contributed by atoms with E-state index < -0.39 is 0 Å². The van der Waals surface area contributed by atoms with Crippen molar-refractivity contribution in [2.45, 2.75) is 44.6 Å². The third-order valence-electron chi connectivity index (χ3n) is 6.01. The van der Waals surface area contributed by atoms with Crippen molar-refractivity contribution in [2.24, 2.45) is 0 Å². The SMILES string of the molecule is CCc1ccc2c(c1)[C@H]1CN(CCCC(=O)c3ccc(F)cc3)CC[C@H]1N2. The standard InChI is InChI=1S/C23H27FN2O/c1-2-16-5-10-21-19(14-16)20-15-26(13-11-22(20)25-21)12-3-4-23(27)17-6-8-18(24)9-7-17/h5-10,14,20,22,25H,2-4,11-13,15H2,1H3/t20-,22-/m1/s1. The molecule has 3 nitrogen and oxygen atoms in total. The van der Waals surface area contributed by atoms with Crippen molar-refractivity contribution in [2.75, 3.05) is 25.0 Å². The lowest BCUT2D eigenvalue weighted by Crippen LogP contribution is -2.42. The minimum atomic E-state index is -0.300. The molecule has 0 bridgehead atoms. The molecule has 0 spiro atoms. The van der Waals surface area contributed by atoms with Crippen molar-refractivity contribution in [3.05, 3.63) is 65.0 Å². The number of halogens is 1. The first-order valence-corrected chi connectivity index (χ1v) is 10.0. The molecule has 2 aliphatic heterocycles. The van der Waals surface area contributed by atoms with Crippen LogP contribution in [0.2, 0.25) is 0 Å². The van der Waals surface area contributed by atoms with Crippen molar-refractivity contribution in [3.63, 3.8) is 0 Å². The summed E-state index contributed by atoms with van der Waals surface area (Å²) in [5.41, 5.74) is 4.77. The number of hydrogen-bond acceptors (Lipinski definition) is 3. The molecule has 0 aromatic heterocycles. The molecule has 2 aromatic carbocycles. The van der Waals surface area contributed by atoms with Crippen molar-refractivity contribution < 1.29 is 9.18 Å². The summed E-state index contributed by atoms with van der Waals surface area (Å²) in [6.07, 6.45) is 3.58. The van der Waals surface area contributed by atoms with Crippen LogP contribution in [0.1, 0.15) is 53.6 Å². The Balaban J connectivity index is 1.32. The Hall–Kier alpha value is -2.20. The second kappa shape index (κ2) is 7.81. The fraction of sp³-hybridized carbons (Fsp3) is 0.435. The molecule has 2 aromatic rings. The predicted octanol–water partition coefficient (Wildman–Crippen LogP) is 4.63. The third kappa shape index (κ3) is 3.91. The minimum Gasteiger partial charge on any atom is -0.381 e. The van der Waals surface area contributed by atoms with Crippen LogP contribution in [0, 0.1) is 5.82 Å². The maximum atomic E-state index is 13.0. The van der Waals surface area contributed by atoms with Crippen LogP contribution in [0.4, 0.5) is 10.1 Å². The number of nitrogens with one attached hydrogen (secondary N) is 1. The largest absolute Gasteiger partial charge is 0.381 e. The number of rotatable bonds is 6. The second-order valence-electron chi connectivity index (χ2n) is 7.76. The topological polar surface area (TPSA) is 32.3 Å². The highest BCUT2D eigenvalue weighted by Gasteiger charge is 2.36. The van der Waals surface area contributed by atoms with Crippen LogP contribution in [0.5, 0.6) is 0 Å². The number of carbonyl (C=O) groups is 1. The van der Waals surface area contributed by atoms with E-state index in [4.69, 9.17) is 0 Å². The Kier molecular flexibility index (Phi) is 5.26. The Bertz CT molecular complexity index is 818. The zero-order chi connectivity index (χ0) is 18.8. The molecule has 2 heterocycles. The number of ketones is 1. The summed E-state index contributed by atoms with van der Waals surface area (Å²) in [6, 6.07) is 13.2. The number of carbonyl (C=O) groups excluding carboxylic acids is 1.